The fourth-order valence-corrected chi connectivity index (χ4v) is 2.62. The third kappa shape index (κ3) is 4.35. The summed E-state index contributed by atoms with van der Waals surface area (Å²) < 4.78 is 6.13. The van der Waals surface area contributed by atoms with E-state index in [1.165, 1.54) is 4.90 Å². The highest BCUT2D eigenvalue weighted by Gasteiger charge is 2.28. The Bertz CT molecular complexity index is 676. The van der Waals surface area contributed by atoms with Crippen LogP contribution in [0.1, 0.15) is 12.8 Å². The van der Waals surface area contributed by atoms with Crippen molar-refractivity contribution in [3.05, 3.63) is 35.3 Å². The number of halogens is 1. The molecular weight excluding hydrogens is 380 g/mol. The smallest absolute Gasteiger partial charge is 0.326 e. The van der Waals surface area contributed by atoms with Gasteiger partial charge in [-0.3, -0.25) is 14.5 Å². The Balaban J connectivity index is 2.09. The quantitative estimate of drug-likeness (QED) is 0.683. The number of carboxylic acids is 1. The first-order valence-corrected chi connectivity index (χ1v) is 8.07. The molecule has 1 aromatic rings. The number of hydrogen-bond acceptors (Lipinski definition) is 4. The van der Waals surface area contributed by atoms with Crippen LogP contribution in [0.5, 0.6) is 5.75 Å². The molecule has 8 heteroatoms. The van der Waals surface area contributed by atoms with Gasteiger partial charge in [0.1, 0.15) is 18.3 Å². The summed E-state index contributed by atoms with van der Waals surface area (Å²) in [6, 6.07) is 4.08. The van der Waals surface area contributed by atoms with Gasteiger partial charge in [0.2, 0.25) is 5.91 Å². The lowest BCUT2D eigenvalue weighted by Gasteiger charge is -2.29. The van der Waals surface area contributed by atoms with Crippen LogP contribution in [0, 0.1) is 0 Å². The molecule has 128 valence electrons. The van der Waals surface area contributed by atoms with E-state index >= 15 is 0 Å². The molecule has 7 nitrogen and oxygen atoms in total. The average molecular weight is 397 g/mol. The number of fused-ring (bicyclic) bond motifs is 1. The van der Waals surface area contributed by atoms with E-state index in [1.54, 1.807) is 24.3 Å². The molecule has 0 aromatic heterocycles. The van der Waals surface area contributed by atoms with Crippen molar-refractivity contribution in [3.63, 3.8) is 0 Å². The van der Waals surface area contributed by atoms with Gasteiger partial charge in [-0.1, -0.05) is 22.0 Å². The van der Waals surface area contributed by atoms with E-state index in [0.717, 1.165) is 4.47 Å². The molecule has 1 heterocycles. The maximum absolute atomic E-state index is 12.2. The van der Waals surface area contributed by atoms with Crippen molar-refractivity contribution >= 4 is 39.4 Å². The van der Waals surface area contributed by atoms with Gasteiger partial charge in [0.15, 0.2) is 6.61 Å². The minimum Gasteiger partial charge on any atom is -0.482 e. The topological polar surface area (TPSA) is 95.9 Å². The summed E-state index contributed by atoms with van der Waals surface area (Å²) in [5.41, 5.74) is 0.475. The number of anilines is 1. The Morgan fingerprint density at radius 3 is 2.92 bits per heavy atom. The zero-order valence-electron chi connectivity index (χ0n) is 12.8. The number of carbonyl (C=O) groups excluding carboxylic acids is 2. The summed E-state index contributed by atoms with van der Waals surface area (Å²) in [5, 5.41) is 11.6. The second-order valence-corrected chi connectivity index (χ2v) is 6.12. The standard InChI is InChI=1S/C16H17BrN2O5/c1-2-3-4-11(16(22)23)18-14(20)8-19-12-6-5-10(17)7-13(12)24-9-15(19)21/h2,5-7,11H,1,3-4,8-9H2,(H,18,20)(H,22,23). The van der Waals surface area contributed by atoms with Crippen molar-refractivity contribution in [2.24, 2.45) is 0 Å². The lowest BCUT2D eigenvalue weighted by atomic mass is 10.1. The number of amides is 2. The predicted molar refractivity (Wildman–Crippen MR) is 91.0 cm³/mol. The average Bonchev–Trinajstić information content (AvgIpc) is 2.53. The Hall–Kier alpha value is -2.35. The number of aliphatic carboxylic acids is 1. The van der Waals surface area contributed by atoms with E-state index in [1.807, 2.05) is 0 Å². The molecule has 0 bridgehead atoms. The summed E-state index contributed by atoms with van der Waals surface area (Å²) >= 11 is 3.31. The largest absolute Gasteiger partial charge is 0.482 e. The van der Waals surface area contributed by atoms with E-state index in [-0.39, 0.29) is 25.5 Å². The lowest BCUT2D eigenvalue weighted by molar-refractivity contribution is -0.141. The highest BCUT2D eigenvalue weighted by atomic mass is 79.9. The molecule has 24 heavy (non-hydrogen) atoms. The molecule has 1 aliphatic rings. The van der Waals surface area contributed by atoms with Gasteiger partial charge in [-0.05, 0) is 31.0 Å². The van der Waals surface area contributed by atoms with Gasteiger partial charge in [-0.15, -0.1) is 6.58 Å². The highest BCUT2D eigenvalue weighted by molar-refractivity contribution is 9.10. The third-order valence-corrected chi connectivity index (χ3v) is 3.95. The Morgan fingerprint density at radius 1 is 1.50 bits per heavy atom. The van der Waals surface area contributed by atoms with Gasteiger partial charge < -0.3 is 15.2 Å². The zero-order valence-corrected chi connectivity index (χ0v) is 14.4. The molecule has 0 radical (unpaired) electrons. The minimum absolute atomic E-state index is 0.171. The van der Waals surface area contributed by atoms with E-state index in [2.05, 4.69) is 27.8 Å². The molecule has 1 aliphatic heterocycles. The van der Waals surface area contributed by atoms with Crippen LogP contribution in [0.15, 0.2) is 35.3 Å². The molecule has 0 saturated carbocycles. The first-order chi connectivity index (χ1) is 11.4. The van der Waals surface area contributed by atoms with Crippen molar-refractivity contribution in [2.45, 2.75) is 18.9 Å². The second kappa shape index (κ2) is 7.96. The maximum Gasteiger partial charge on any atom is 0.326 e. The SMILES string of the molecule is C=CCCC(NC(=O)CN1C(=O)COc2cc(Br)ccc21)C(=O)O. The van der Waals surface area contributed by atoms with Crippen LogP contribution in [0.3, 0.4) is 0 Å². The van der Waals surface area contributed by atoms with Crippen LogP contribution in [-0.2, 0) is 14.4 Å². The number of carboxylic acid groups (broad SMARTS) is 1. The number of carbonyl (C=O) groups is 3. The third-order valence-electron chi connectivity index (χ3n) is 3.46. The van der Waals surface area contributed by atoms with Gasteiger partial charge in [0.05, 0.1) is 5.69 Å². The van der Waals surface area contributed by atoms with Crippen molar-refractivity contribution < 1.29 is 24.2 Å². The molecular formula is C16H17BrN2O5. The van der Waals surface area contributed by atoms with Crippen LogP contribution in [0.2, 0.25) is 0 Å². The van der Waals surface area contributed by atoms with Gasteiger partial charge >= 0.3 is 5.97 Å². The molecule has 0 fully saturated rings. The fraction of sp³-hybridized carbons (Fsp3) is 0.312. The van der Waals surface area contributed by atoms with Crippen molar-refractivity contribution in [2.75, 3.05) is 18.1 Å². The molecule has 2 rings (SSSR count). The molecule has 0 aliphatic carbocycles. The monoisotopic (exact) mass is 396 g/mol. The van der Waals surface area contributed by atoms with Crippen molar-refractivity contribution in [3.8, 4) is 5.75 Å². The number of nitrogens with zero attached hydrogens (tertiary/aromatic N) is 1. The van der Waals surface area contributed by atoms with Crippen LogP contribution in [0.25, 0.3) is 0 Å². The summed E-state index contributed by atoms with van der Waals surface area (Å²) in [7, 11) is 0. The predicted octanol–water partition coefficient (Wildman–Crippen LogP) is 1.71. The number of nitrogens with one attached hydrogen (secondary N) is 1. The molecule has 2 N–H and O–H groups in total. The van der Waals surface area contributed by atoms with Gasteiger partial charge in [0.25, 0.3) is 5.91 Å². The highest BCUT2D eigenvalue weighted by Crippen LogP contribution is 2.34. The van der Waals surface area contributed by atoms with Crippen molar-refractivity contribution in [1.29, 1.82) is 0 Å². The normalized spacial score (nSPS) is 14.4. The number of benzene rings is 1. The Kier molecular flexibility index (Phi) is 5.97. The molecule has 1 atom stereocenters. The van der Waals surface area contributed by atoms with E-state index in [0.29, 0.717) is 17.9 Å². The first-order valence-electron chi connectivity index (χ1n) is 7.28. The number of rotatable bonds is 7. The van der Waals surface area contributed by atoms with Crippen molar-refractivity contribution in [1.82, 2.24) is 5.32 Å². The van der Waals surface area contributed by atoms with Crippen LogP contribution >= 0.6 is 15.9 Å². The van der Waals surface area contributed by atoms with Crippen LogP contribution < -0.4 is 15.0 Å². The van der Waals surface area contributed by atoms with Gasteiger partial charge in [0, 0.05) is 4.47 Å². The molecule has 0 saturated heterocycles. The van der Waals surface area contributed by atoms with Gasteiger partial charge in [-0.25, -0.2) is 4.79 Å². The van der Waals surface area contributed by atoms with E-state index in [4.69, 9.17) is 9.84 Å². The lowest BCUT2D eigenvalue weighted by Crippen LogP contribution is -2.49. The Morgan fingerprint density at radius 2 is 2.25 bits per heavy atom. The second-order valence-electron chi connectivity index (χ2n) is 5.20. The van der Waals surface area contributed by atoms with E-state index < -0.39 is 17.9 Å². The summed E-state index contributed by atoms with van der Waals surface area (Å²) in [5.74, 6) is -1.55. The summed E-state index contributed by atoms with van der Waals surface area (Å²) in [6.07, 6.45) is 2.29. The molecule has 1 aromatic carbocycles. The number of allylic oxidation sites excluding steroid dienone is 1. The van der Waals surface area contributed by atoms with Crippen LogP contribution in [-0.4, -0.2) is 42.1 Å². The fourth-order valence-electron chi connectivity index (χ4n) is 2.28. The minimum atomic E-state index is -1.12. The van der Waals surface area contributed by atoms with Crippen LogP contribution in [0.4, 0.5) is 5.69 Å². The number of hydrogen-bond donors (Lipinski definition) is 2. The summed E-state index contributed by atoms with van der Waals surface area (Å²) in [6.45, 7) is 3.09. The molecule has 1 unspecified atom stereocenters. The first kappa shape index (κ1) is 18.0. The van der Waals surface area contributed by atoms with E-state index in [9.17, 15) is 14.4 Å². The zero-order chi connectivity index (χ0) is 17.7. The molecule has 0 spiro atoms. The number of ether oxygens (including phenoxy) is 1. The van der Waals surface area contributed by atoms with Gasteiger partial charge in [-0.2, -0.15) is 0 Å². The summed E-state index contributed by atoms with van der Waals surface area (Å²) in [4.78, 5) is 36.7. The Labute approximate surface area is 147 Å². The maximum atomic E-state index is 12.2. The molecule has 2 amide bonds.